The summed E-state index contributed by atoms with van der Waals surface area (Å²) in [7, 11) is -4.05. The number of hydrogen-bond acceptors (Lipinski definition) is 5. The van der Waals surface area contributed by atoms with E-state index in [4.69, 9.17) is 0 Å². The van der Waals surface area contributed by atoms with Crippen molar-refractivity contribution >= 4 is 20.9 Å². The number of hydrogen-bond donors (Lipinski definition) is 1. The Morgan fingerprint density at radius 1 is 1.16 bits per heavy atom. The highest BCUT2D eigenvalue weighted by atomic mass is 32.2. The average molecular weight is 468 g/mol. The van der Waals surface area contributed by atoms with Gasteiger partial charge in [-0.2, -0.15) is 18.2 Å². The van der Waals surface area contributed by atoms with Crippen molar-refractivity contribution in [3.8, 4) is 11.4 Å². The number of fused-ring (bicyclic) bond motifs is 1. The summed E-state index contributed by atoms with van der Waals surface area (Å²) in [5.74, 6) is -2.52. The lowest BCUT2D eigenvalue weighted by molar-refractivity contribution is -0.159. The standard InChI is InChI=1S/C20H16F4N4O3S/c1-12-11-28(9-8-25-32(29,30)17-5-3-2-4-15(17)21)16-10-13(6-7-14(12)16)18-26-19(31-27-18)20(22,23)24/h2-7,10-11,25H,8-9H2,1H3. The molecule has 0 aliphatic carbocycles. The maximum Gasteiger partial charge on any atom is 0.471 e. The molecule has 4 aromatic rings. The number of nitrogens with zero attached hydrogens (tertiary/aromatic N) is 3. The SMILES string of the molecule is Cc1cn(CCNS(=O)(=O)c2ccccc2F)c2cc(-c3noc(C(F)(F)F)n3)ccc12. The van der Waals surface area contributed by atoms with Crippen LogP contribution in [0.15, 0.2) is 58.1 Å². The first-order valence-electron chi connectivity index (χ1n) is 9.31. The normalized spacial score (nSPS) is 12.5. The number of aryl methyl sites for hydroxylation is 1. The maximum absolute atomic E-state index is 13.8. The molecule has 0 unspecified atom stereocenters. The van der Waals surface area contributed by atoms with Gasteiger partial charge < -0.3 is 9.09 Å². The third-order valence-electron chi connectivity index (χ3n) is 4.78. The van der Waals surface area contributed by atoms with Gasteiger partial charge in [-0.15, -0.1) is 0 Å². The summed E-state index contributed by atoms with van der Waals surface area (Å²) < 4.78 is 85.1. The highest BCUT2D eigenvalue weighted by molar-refractivity contribution is 7.89. The third-order valence-corrected chi connectivity index (χ3v) is 6.27. The van der Waals surface area contributed by atoms with Crippen LogP contribution in [0.25, 0.3) is 22.3 Å². The van der Waals surface area contributed by atoms with Crippen molar-refractivity contribution in [2.75, 3.05) is 6.54 Å². The van der Waals surface area contributed by atoms with Gasteiger partial charge in [-0.05, 0) is 30.7 Å². The van der Waals surface area contributed by atoms with E-state index < -0.39 is 32.8 Å². The predicted octanol–water partition coefficient (Wildman–Crippen LogP) is 4.14. The molecule has 0 amide bonds. The topological polar surface area (TPSA) is 90.0 Å². The summed E-state index contributed by atoms with van der Waals surface area (Å²) >= 11 is 0. The van der Waals surface area contributed by atoms with Gasteiger partial charge in [0, 0.05) is 35.8 Å². The Kier molecular flexibility index (Phi) is 5.51. The minimum Gasteiger partial charge on any atom is -0.346 e. The zero-order valence-electron chi connectivity index (χ0n) is 16.5. The van der Waals surface area contributed by atoms with Gasteiger partial charge in [-0.3, -0.25) is 0 Å². The van der Waals surface area contributed by atoms with E-state index >= 15 is 0 Å². The van der Waals surface area contributed by atoms with Crippen LogP contribution in [0.2, 0.25) is 0 Å². The van der Waals surface area contributed by atoms with Crippen LogP contribution in [0.4, 0.5) is 17.6 Å². The van der Waals surface area contributed by atoms with Crippen molar-refractivity contribution in [1.29, 1.82) is 0 Å². The smallest absolute Gasteiger partial charge is 0.346 e. The number of nitrogens with one attached hydrogen (secondary N) is 1. The summed E-state index contributed by atoms with van der Waals surface area (Å²) in [6.07, 6.45) is -2.97. The van der Waals surface area contributed by atoms with Gasteiger partial charge in [0.05, 0.1) is 0 Å². The van der Waals surface area contributed by atoms with E-state index in [9.17, 15) is 26.0 Å². The highest BCUT2D eigenvalue weighted by Gasteiger charge is 2.38. The monoisotopic (exact) mass is 468 g/mol. The van der Waals surface area contributed by atoms with Gasteiger partial charge in [-0.25, -0.2) is 17.5 Å². The van der Waals surface area contributed by atoms with Crippen LogP contribution >= 0.6 is 0 Å². The Balaban J connectivity index is 1.58. The van der Waals surface area contributed by atoms with Crippen LogP contribution in [0.1, 0.15) is 11.5 Å². The molecule has 32 heavy (non-hydrogen) atoms. The Bertz CT molecular complexity index is 1390. The number of sulfonamides is 1. The van der Waals surface area contributed by atoms with Gasteiger partial charge in [0.15, 0.2) is 0 Å². The number of halogens is 4. The van der Waals surface area contributed by atoms with E-state index in [1.54, 1.807) is 29.0 Å². The van der Waals surface area contributed by atoms with Crippen molar-refractivity contribution in [2.45, 2.75) is 24.5 Å². The summed E-state index contributed by atoms with van der Waals surface area (Å²) in [4.78, 5) is 2.94. The lowest BCUT2D eigenvalue weighted by Crippen LogP contribution is -2.28. The molecular formula is C20H16F4N4O3S. The molecule has 2 aromatic carbocycles. The molecule has 0 fully saturated rings. The minimum absolute atomic E-state index is 0.0372. The summed E-state index contributed by atoms with van der Waals surface area (Å²) in [6, 6.07) is 9.92. The molecule has 12 heteroatoms. The molecule has 0 spiro atoms. The Labute approximate surface area is 179 Å². The van der Waals surface area contributed by atoms with Gasteiger partial charge in [0.1, 0.15) is 10.7 Å². The lowest BCUT2D eigenvalue weighted by Gasteiger charge is -2.09. The molecule has 4 rings (SSSR count). The number of alkyl halides is 3. The van der Waals surface area contributed by atoms with E-state index in [2.05, 4.69) is 19.4 Å². The fourth-order valence-corrected chi connectivity index (χ4v) is 4.39. The molecule has 7 nitrogen and oxygen atoms in total. The molecule has 0 radical (unpaired) electrons. The van der Waals surface area contributed by atoms with Gasteiger partial charge >= 0.3 is 12.1 Å². The molecule has 0 aliphatic heterocycles. The summed E-state index contributed by atoms with van der Waals surface area (Å²) in [5.41, 5.74) is 1.83. The fourth-order valence-electron chi connectivity index (χ4n) is 3.30. The van der Waals surface area contributed by atoms with E-state index in [0.29, 0.717) is 11.1 Å². The average Bonchev–Trinajstić information content (AvgIpc) is 3.34. The van der Waals surface area contributed by atoms with Crippen molar-refractivity contribution in [2.24, 2.45) is 0 Å². The summed E-state index contributed by atoms with van der Waals surface area (Å²) in [5, 5.41) is 4.21. The second-order valence-corrected chi connectivity index (χ2v) is 8.72. The second kappa shape index (κ2) is 8.02. The molecule has 0 saturated carbocycles. The van der Waals surface area contributed by atoms with Gasteiger partial charge in [0.2, 0.25) is 15.8 Å². The third kappa shape index (κ3) is 4.23. The lowest BCUT2D eigenvalue weighted by atomic mass is 10.1. The maximum atomic E-state index is 13.8. The van der Waals surface area contributed by atoms with Crippen molar-refractivity contribution in [1.82, 2.24) is 19.4 Å². The molecule has 2 heterocycles. The molecular weight excluding hydrogens is 452 g/mol. The Morgan fingerprint density at radius 3 is 2.59 bits per heavy atom. The first kappa shape index (κ1) is 22.0. The van der Waals surface area contributed by atoms with Gasteiger partial charge in [-0.1, -0.05) is 29.4 Å². The van der Waals surface area contributed by atoms with Crippen LogP contribution < -0.4 is 4.72 Å². The summed E-state index contributed by atoms with van der Waals surface area (Å²) in [6.45, 7) is 2.00. The fraction of sp³-hybridized carbons (Fsp3) is 0.200. The molecule has 2 aromatic heterocycles. The van der Waals surface area contributed by atoms with Crippen LogP contribution in [-0.4, -0.2) is 29.7 Å². The van der Waals surface area contributed by atoms with E-state index in [-0.39, 0.29) is 18.9 Å². The molecule has 1 N–H and O–H groups in total. The zero-order chi connectivity index (χ0) is 23.1. The number of rotatable bonds is 6. The van der Waals surface area contributed by atoms with Crippen LogP contribution in [-0.2, 0) is 22.7 Å². The zero-order valence-corrected chi connectivity index (χ0v) is 17.3. The molecule has 0 aliphatic rings. The first-order chi connectivity index (χ1) is 15.1. The Hall–Kier alpha value is -3.25. The van der Waals surface area contributed by atoms with Crippen molar-refractivity contribution < 1.29 is 30.5 Å². The number of aromatic nitrogens is 3. The van der Waals surface area contributed by atoms with E-state index in [1.807, 2.05) is 6.92 Å². The number of benzene rings is 2. The largest absolute Gasteiger partial charge is 0.471 e. The van der Waals surface area contributed by atoms with Crippen molar-refractivity contribution in [3.63, 3.8) is 0 Å². The highest BCUT2D eigenvalue weighted by Crippen LogP contribution is 2.31. The minimum atomic E-state index is -4.75. The van der Waals surface area contributed by atoms with Crippen LogP contribution in [0, 0.1) is 12.7 Å². The molecule has 0 bridgehead atoms. The van der Waals surface area contributed by atoms with Gasteiger partial charge in [0.25, 0.3) is 0 Å². The second-order valence-electron chi connectivity index (χ2n) is 6.99. The molecule has 0 saturated heterocycles. The van der Waals surface area contributed by atoms with E-state index in [1.165, 1.54) is 18.2 Å². The Morgan fingerprint density at radius 2 is 1.91 bits per heavy atom. The molecule has 0 atom stereocenters. The predicted molar refractivity (Wildman–Crippen MR) is 107 cm³/mol. The first-order valence-corrected chi connectivity index (χ1v) is 10.8. The van der Waals surface area contributed by atoms with Crippen LogP contribution in [0.3, 0.4) is 0 Å². The molecule has 168 valence electrons. The van der Waals surface area contributed by atoms with E-state index in [0.717, 1.165) is 17.0 Å². The quantitative estimate of drug-likeness (QED) is 0.430. The van der Waals surface area contributed by atoms with Crippen molar-refractivity contribution in [3.05, 3.63) is 65.9 Å². The van der Waals surface area contributed by atoms with Crippen LogP contribution in [0.5, 0.6) is 0 Å².